The molecule has 1 aliphatic rings. The van der Waals surface area contributed by atoms with Crippen LogP contribution in [0, 0.1) is 5.92 Å². The monoisotopic (exact) mass is 284 g/mol. The Balaban J connectivity index is 2.35. The van der Waals surface area contributed by atoms with Gasteiger partial charge in [0.05, 0.1) is 7.11 Å². The summed E-state index contributed by atoms with van der Waals surface area (Å²) in [6.45, 7) is 3.26. The van der Waals surface area contributed by atoms with Crippen molar-refractivity contribution in [3.8, 4) is 5.75 Å². The average Bonchev–Trinajstić information content (AvgIpc) is 2.87. The van der Waals surface area contributed by atoms with Crippen LogP contribution in [0.25, 0.3) is 0 Å². The van der Waals surface area contributed by atoms with Crippen LogP contribution in [-0.2, 0) is 10.0 Å². The summed E-state index contributed by atoms with van der Waals surface area (Å²) < 4.78 is 31.9. The largest absolute Gasteiger partial charge is 0.495 e. The number of nitrogen functional groups attached to an aromatic ring is 1. The lowest BCUT2D eigenvalue weighted by molar-refractivity contribution is 0.397. The van der Waals surface area contributed by atoms with Crippen molar-refractivity contribution >= 4 is 15.7 Å². The molecule has 1 aromatic carbocycles. The zero-order chi connectivity index (χ0) is 14.0. The predicted molar refractivity (Wildman–Crippen MR) is 74.6 cm³/mol. The molecule has 0 amide bonds. The van der Waals surface area contributed by atoms with Crippen LogP contribution in [0.15, 0.2) is 23.1 Å². The summed E-state index contributed by atoms with van der Waals surface area (Å²) in [5.74, 6) is 0.759. The second-order valence-corrected chi connectivity index (χ2v) is 6.74. The van der Waals surface area contributed by atoms with Gasteiger partial charge in [0.15, 0.2) is 0 Å². The molecular weight excluding hydrogens is 264 g/mol. The van der Waals surface area contributed by atoms with Crippen molar-refractivity contribution in [1.29, 1.82) is 0 Å². The van der Waals surface area contributed by atoms with E-state index < -0.39 is 10.0 Å². The van der Waals surface area contributed by atoms with Crippen LogP contribution < -0.4 is 10.5 Å². The molecule has 0 bridgehead atoms. The van der Waals surface area contributed by atoms with Crippen LogP contribution in [0.1, 0.15) is 19.8 Å². The molecular formula is C13H20N2O3S. The molecule has 19 heavy (non-hydrogen) atoms. The van der Waals surface area contributed by atoms with Gasteiger partial charge in [0, 0.05) is 24.8 Å². The van der Waals surface area contributed by atoms with Gasteiger partial charge in [-0.2, -0.15) is 4.31 Å². The summed E-state index contributed by atoms with van der Waals surface area (Å²) in [5, 5.41) is 0. The lowest BCUT2D eigenvalue weighted by atomic mass is 10.1. The van der Waals surface area contributed by atoms with Crippen molar-refractivity contribution in [2.45, 2.75) is 24.7 Å². The first-order chi connectivity index (χ1) is 8.98. The lowest BCUT2D eigenvalue weighted by Crippen LogP contribution is -2.29. The molecule has 0 aliphatic carbocycles. The zero-order valence-electron chi connectivity index (χ0n) is 11.3. The van der Waals surface area contributed by atoms with E-state index >= 15 is 0 Å². The molecule has 0 radical (unpaired) electrons. The summed E-state index contributed by atoms with van der Waals surface area (Å²) in [7, 11) is -2.04. The Morgan fingerprint density at radius 2 is 2.21 bits per heavy atom. The standard InChI is InChI=1S/C13H20N2O3S/c1-3-10-6-7-15(9-10)19(16,17)13-5-4-11(14)8-12(13)18-2/h4-5,8,10H,3,6-7,9,14H2,1-2H3. The number of hydrogen-bond donors (Lipinski definition) is 1. The van der Waals surface area contributed by atoms with Gasteiger partial charge < -0.3 is 10.5 Å². The highest BCUT2D eigenvalue weighted by atomic mass is 32.2. The third-order valence-corrected chi connectivity index (χ3v) is 5.54. The van der Waals surface area contributed by atoms with Gasteiger partial charge in [0.2, 0.25) is 10.0 Å². The maximum atomic E-state index is 12.6. The minimum Gasteiger partial charge on any atom is -0.495 e. The first-order valence-corrected chi connectivity index (χ1v) is 7.86. The third kappa shape index (κ3) is 2.69. The minimum absolute atomic E-state index is 0.195. The summed E-state index contributed by atoms with van der Waals surface area (Å²) in [5.41, 5.74) is 6.14. The third-order valence-electron chi connectivity index (χ3n) is 3.63. The number of methoxy groups -OCH3 is 1. The minimum atomic E-state index is -3.49. The normalized spacial score (nSPS) is 20.6. The van der Waals surface area contributed by atoms with Crippen molar-refractivity contribution in [2.24, 2.45) is 5.92 Å². The highest BCUT2D eigenvalue weighted by Gasteiger charge is 2.33. The van der Waals surface area contributed by atoms with E-state index in [9.17, 15) is 8.42 Å². The van der Waals surface area contributed by atoms with Crippen LogP contribution in [0.2, 0.25) is 0 Å². The van der Waals surface area contributed by atoms with Crippen molar-refractivity contribution < 1.29 is 13.2 Å². The second kappa shape index (κ2) is 5.38. The number of rotatable bonds is 4. The van der Waals surface area contributed by atoms with E-state index in [1.54, 1.807) is 12.1 Å². The molecule has 0 spiro atoms. The molecule has 0 saturated carbocycles. The average molecular weight is 284 g/mol. The van der Waals surface area contributed by atoms with Crippen molar-refractivity contribution in [1.82, 2.24) is 4.31 Å². The molecule has 1 atom stereocenters. The topological polar surface area (TPSA) is 72.6 Å². The van der Waals surface area contributed by atoms with E-state index in [0.29, 0.717) is 30.4 Å². The first kappa shape index (κ1) is 14.1. The fraction of sp³-hybridized carbons (Fsp3) is 0.538. The number of benzene rings is 1. The molecule has 1 fully saturated rings. The van der Waals surface area contributed by atoms with Gasteiger partial charge in [-0.3, -0.25) is 0 Å². The van der Waals surface area contributed by atoms with Gasteiger partial charge in [-0.15, -0.1) is 0 Å². The van der Waals surface area contributed by atoms with Gasteiger partial charge in [0.1, 0.15) is 10.6 Å². The molecule has 6 heteroatoms. The maximum absolute atomic E-state index is 12.6. The quantitative estimate of drug-likeness (QED) is 0.854. The van der Waals surface area contributed by atoms with Gasteiger partial charge in [-0.05, 0) is 24.5 Å². The number of sulfonamides is 1. The van der Waals surface area contributed by atoms with Crippen molar-refractivity contribution in [3.05, 3.63) is 18.2 Å². The van der Waals surface area contributed by atoms with Crippen molar-refractivity contribution in [3.63, 3.8) is 0 Å². The fourth-order valence-electron chi connectivity index (χ4n) is 2.39. The van der Waals surface area contributed by atoms with E-state index in [1.165, 1.54) is 17.5 Å². The first-order valence-electron chi connectivity index (χ1n) is 6.42. The Labute approximate surface area is 114 Å². The Morgan fingerprint density at radius 1 is 1.47 bits per heavy atom. The predicted octanol–water partition coefficient (Wildman–Crippen LogP) is 1.70. The van der Waals surface area contributed by atoms with Gasteiger partial charge in [-0.25, -0.2) is 8.42 Å². The lowest BCUT2D eigenvalue weighted by Gasteiger charge is -2.18. The number of nitrogens with two attached hydrogens (primary N) is 1. The van der Waals surface area contributed by atoms with E-state index in [2.05, 4.69) is 6.92 Å². The summed E-state index contributed by atoms with van der Waals surface area (Å²) in [6, 6.07) is 4.64. The zero-order valence-corrected chi connectivity index (χ0v) is 12.1. The number of ether oxygens (including phenoxy) is 1. The summed E-state index contributed by atoms with van der Waals surface area (Å²) in [4.78, 5) is 0.195. The van der Waals surface area contributed by atoms with Gasteiger partial charge in [-0.1, -0.05) is 13.3 Å². The van der Waals surface area contributed by atoms with Crippen LogP contribution in [-0.4, -0.2) is 32.9 Å². The Morgan fingerprint density at radius 3 is 2.79 bits per heavy atom. The Kier molecular flexibility index (Phi) is 4.01. The molecule has 2 N–H and O–H groups in total. The maximum Gasteiger partial charge on any atom is 0.246 e. The molecule has 1 aromatic rings. The number of nitrogens with zero attached hydrogens (tertiary/aromatic N) is 1. The second-order valence-electron chi connectivity index (χ2n) is 4.84. The van der Waals surface area contributed by atoms with E-state index in [1.807, 2.05) is 0 Å². The molecule has 5 nitrogen and oxygen atoms in total. The van der Waals surface area contributed by atoms with Gasteiger partial charge >= 0.3 is 0 Å². The molecule has 106 valence electrons. The van der Waals surface area contributed by atoms with Crippen LogP contribution >= 0.6 is 0 Å². The molecule has 1 aliphatic heterocycles. The highest BCUT2D eigenvalue weighted by molar-refractivity contribution is 7.89. The van der Waals surface area contributed by atoms with E-state index in [4.69, 9.17) is 10.5 Å². The fourth-order valence-corrected chi connectivity index (χ4v) is 4.05. The van der Waals surface area contributed by atoms with Gasteiger partial charge in [0.25, 0.3) is 0 Å². The summed E-state index contributed by atoms with van der Waals surface area (Å²) >= 11 is 0. The molecule has 1 unspecified atom stereocenters. The van der Waals surface area contributed by atoms with Crippen LogP contribution in [0.5, 0.6) is 5.75 Å². The molecule has 1 heterocycles. The number of hydrogen-bond acceptors (Lipinski definition) is 4. The summed E-state index contributed by atoms with van der Waals surface area (Å²) in [6.07, 6.45) is 1.93. The highest BCUT2D eigenvalue weighted by Crippen LogP contribution is 2.32. The molecule has 0 aromatic heterocycles. The number of anilines is 1. The van der Waals surface area contributed by atoms with Crippen LogP contribution in [0.4, 0.5) is 5.69 Å². The SMILES string of the molecule is CCC1CCN(S(=O)(=O)c2ccc(N)cc2OC)C1. The van der Waals surface area contributed by atoms with E-state index in [-0.39, 0.29) is 4.90 Å². The molecule has 2 rings (SSSR count). The van der Waals surface area contributed by atoms with Crippen molar-refractivity contribution in [2.75, 3.05) is 25.9 Å². The Bertz CT molecular complexity index is 557. The Hall–Kier alpha value is -1.27. The smallest absolute Gasteiger partial charge is 0.246 e. The van der Waals surface area contributed by atoms with E-state index in [0.717, 1.165) is 12.8 Å². The van der Waals surface area contributed by atoms with Crippen LogP contribution in [0.3, 0.4) is 0 Å². The molecule has 1 saturated heterocycles.